The Morgan fingerprint density at radius 2 is 2.14 bits per heavy atom. The largest absolute Gasteiger partial charge is 0.314 e. The molecular formula is C9H13ClN4. The van der Waals surface area contributed by atoms with Crippen LogP contribution < -0.4 is 5.32 Å². The van der Waals surface area contributed by atoms with Gasteiger partial charge in [-0.2, -0.15) is 0 Å². The number of hydrogen-bond acceptors (Lipinski definition) is 4. The molecule has 1 aliphatic heterocycles. The zero-order chi connectivity index (χ0) is 9.80. The van der Waals surface area contributed by atoms with Crippen LogP contribution in [-0.2, 0) is 6.54 Å². The van der Waals surface area contributed by atoms with Gasteiger partial charge in [0.15, 0.2) is 0 Å². The van der Waals surface area contributed by atoms with Crippen LogP contribution in [0.3, 0.4) is 0 Å². The first-order valence-electron chi connectivity index (χ1n) is 4.74. The van der Waals surface area contributed by atoms with Gasteiger partial charge in [0, 0.05) is 32.7 Å². The van der Waals surface area contributed by atoms with Crippen LogP contribution in [0.15, 0.2) is 12.4 Å². The highest BCUT2D eigenvalue weighted by molar-refractivity contribution is 6.29. The maximum Gasteiger partial charge on any atom is 0.132 e. The summed E-state index contributed by atoms with van der Waals surface area (Å²) in [6, 6.07) is 1.82. The van der Waals surface area contributed by atoms with Gasteiger partial charge in [0.25, 0.3) is 0 Å². The number of piperazine rings is 1. The second-order valence-electron chi connectivity index (χ2n) is 3.36. The number of nitrogens with zero attached hydrogens (tertiary/aromatic N) is 3. The van der Waals surface area contributed by atoms with E-state index < -0.39 is 0 Å². The standard InChI is InChI=1S/C9H13ClN4/c10-9-5-8(12-7-13-9)6-14-3-1-11-2-4-14/h5,7,11H,1-4,6H2. The molecule has 0 aromatic carbocycles. The lowest BCUT2D eigenvalue weighted by Crippen LogP contribution is -2.43. The molecule has 0 amide bonds. The number of nitrogens with one attached hydrogen (secondary N) is 1. The van der Waals surface area contributed by atoms with Crippen LogP contribution in [0.4, 0.5) is 0 Å². The maximum atomic E-state index is 5.78. The van der Waals surface area contributed by atoms with Crippen molar-refractivity contribution in [2.24, 2.45) is 0 Å². The van der Waals surface area contributed by atoms with Crippen molar-refractivity contribution in [3.05, 3.63) is 23.2 Å². The predicted molar refractivity (Wildman–Crippen MR) is 55.2 cm³/mol. The third-order valence-corrected chi connectivity index (χ3v) is 2.49. The lowest BCUT2D eigenvalue weighted by molar-refractivity contribution is 0.230. The first-order chi connectivity index (χ1) is 6.84. The molecule has 1 fully saturated rings. The van der Waals surface area contributed by atoms with Gasteiger partial charge >= 0.3 is 0 Å². The van der Waals surface area contributed by atoms with Crippen molar-refractivity contribution in [1.29, 1.82) is 0 Å². The third kappa shape index (κ3) is 2.64. The van der Waals surface area contributed by atoms with E-state index in [1.54, 1.807) is 0 Å². The van der Waals surface area contributed by atoms with Gasteiger partial charge in [0.2, 0.25) is 0 Å². The number of rotatable bonds is 2. The number of aromatic nitrogens is 2. The quantitative estimate of drug-likeness (QED) is 0.727. The summed E-state index contributed by atoms with van der Waals surface area (Å²) < 4.78 is 0. The molecule has 0 radical (unpaired) electrons. The summed E-state index contributed by atoms with van der Waals surface area (Å²) >= 11 is 5.78. The van der Waals surface area contributed by atoms with Gasteiger partial charge in [-0.15, -0.1) is 0 Å². The molecule has 2 heterocycles. The molecule has 76 valence electrons. The summed E-state index contributed by atoms with van der Waals surface area (Å²) in [6.07, 6.45) is 1.51. The third-order valence-electron chi connectivity index (χ3n) is 2.29. The van der Waals surface area contributed by atoms with Gasteiger partial charge in [0.1, 0.15) is 11.5 Å². The Morgan fingerprint density at radius 3 is 2.86 bits per heavy atom. The molecule has 0 unspecified atom stereocenters. The predicted octanol–water partition coefficient (Wildman–Crippen LogP) is 0.535. The highest BCUT2D eigenvalue weighted by Crippen LogP contribution is 2.07. The summed E-state index contributed by atoms with van der Waals surface area (Å²) in [5.41, 5.74) is 0.993. The lowest BCUT2D eigenvalue weighted by atomic mass is 10.3. The van der Waals surface area contributed by atoms with Gasteiger partial charge in [-0.1, -0.05) is 11.6 Å². The van der Waals surface area contributed by atoms with E-state index in [1.165, 1.54) is 6.33 Å². The molecule has 2 rings (SSSR count). The molecule has 0 spiro atoms. The molecule has 1 saturated heterocycles. The highest BCUT2D eigenvalue weighted by atomic mass is 35.5. The van der Waals surface area contributed by atoms with Gasteiger partial charge in [-0.05, 0) is 6.07 Å². The van der Waals surface area contributed by atoms with Crippen molar-refractivity contribution in [3.63, 3.8) is 0 Å². The van der Waals surface area contributed by atoms with Gasteiger partial charge in [0.05, 0.1) is 5.69 Å². The van der Waals surface area contributed by atoms with E-state index in [1.807, 2.05) is 6.07 Å². The van der Waals surface area contributed by atoms with E-state index in [2.05, 4.69) is 20.2 Å². The van der Waals surface area contributed by atoms with Crippen LogP contribution in [0.2, 0.25) is 5.15 Å². The minimum atomic E-state index is 0.519. The van der Waals surface area contributed by atoms with Crippen LogP contribution in [0.25, 0.3) is 0 Å². The van der Waals surface area contributed by atoms with Gasteiger partial charge < -0.3 is 5.32 Å². The SMILES string of the molecule is Clc1cc(CN2CCNCC2)ncn1. The zero-order valence-electron chi connectivity index (χ0n) is 7.91. The van der Waals surface area contributed by atoms with Crippen LogP contribution in [0.5, 0.6) is 0 Å². The molecule has 0 atom stereocenters. The van der Waals surface area contributed by atoms with E-state index in [0.717, 1.165) is 38.4 Å². The molecule has 14 heavy (non-hydrogen) atoms. The van der Waals surface area contributed by atoms with Gasteiger partial charge in [-0.25, -0.2) is 9.97 Å². The first-order valence-corrected chi connectivity index (χ1v) is 5.12. The van der Waals surface area contributed by atoms with Crippen LogP contribution in [-0.4, -0.2) is 41.0 Å². The first kappa shape index (κ1) is 9.83. The molecule has 1 aliphatic rings. The molecule has 1 N–H and O–H groups in total. The molecule has 5 heteroatoms. The topological polar surface area (TPSA) is 41.0 Å². The smallest absolute Gasteiger partial charge is 0.132 e. The van der Waals surface area contributed by atoms with Crippen molar-refractivity contribution < 1.29 is 0 Å². The minimum Gasteiger partial charge on any atom is -0.314 e. The van der Waals surface area contributed by atoms with Crippen molar-refractivity contribution in [3.8, 4) is 0 Å². The number of hydrogen-bond donors (Lipinski definition) is 1. The Balaban J connectivity index is 1.95. The van der Waals surface area contributed by atoms with Crippen molar-refractivity contribution in [2.45, 2.75) is 6.54 Å². The average Bonchev–Trinajstić information content (AvgIpc) is 2.19. The molecule has 1 aromatic heterocycles. The molecule has 0 saturated carbocycles. The van der Waals surface area contributed by atoms with E-state index in [-0.39, 0.29) is 0 Å². The van der Waals surface area contributed by atoms with Crippen molar-refractivity contribution in [2.75, 3.05) is 26.2 Å². The van der Waals surface area contributed by atoms with E-state index in [9.17, 15) is 0 Å². The Bertz CT molecular complexity index is 299. The van der Waals surface area contributed by atoms with Crippen LogP contribution in [0, 0.1) is 0 Å². The Labute approximate surface area is 88.3 Å². The molecule has 4 nitrogen and oxygen atoms in total. The van der Waals surface area contributed by atoms with Crippen molar-refractivity contribution >= 4 is 11.6 Å². The number of halogens is 1. The fourth-order valence-electron chi connectivity index (χ4n) is 1.56. The Hall–Kier alpha value is -0.710. The summed E-state index contributed by atoms with van der Waals surface area (Å²) in [7, 11) is 0. The molecule has 1 aromatic rings. The molecule has 0 aliphatic carbocycles. The monoisotopic (exact) mass is 212 g/mol. The molecule has 0 bridgehead atoms. The fraction of sp³-hybridized carbons (Fsp3) is 0.556. The summed E-state index contributed by atoms with van der Waals surface area (Å²) in [6.45, 7) is 5.12. The second kappa shape index (κ2) is 4.68. The second-order valence-corrected chi connectivity index (χ2v) is 3.75. The summed E-state index contributed by atoms with van der Waals surface area (Å²) in [5.74, 6) is 0. The minimum absolute atomic E-state index is 0.519. The van der Waals surface area contributed by atoms with E-state index in [4.69, 9.17) is 11.6 Å². The lowest BCUT2D eigenvalue weighted by Gasteiger charge is -2.26. The van der Waals surface area contributed by atoms with E-state index in [0.29, 0.717) is 5.15 Å². The fourth-order valence-corrected chi connectivity index (χ4v) is 1.72. The zero-order valence-corrected chi connectivity index (χ0v) is 8.67. The van der Waals surface area contributed by atoms with Crippen molar-refractivity contribution in [1.82, 2.24) is 20.2 Å². The summed E-state index contributed by atoms with van der Waals surface area (Å²) in [5, 5.41) is 3.83. The average molecular weight is 213 g/mol. The highest BCUT2D eigenvalue weighted by Gasteiger charge is 2.10. The van der Waals surface area contributed by atoms with Gasteiger partial charge in [-0.3, -0.25) is 4.90 Å². The van der Waals surface area contributed by atoms with Crippen LogP contribution in [0.1, 0.15) is 5.69 Å². The maximum absolute atomic E-state index is 5.78. The van der Waals surface area contributed by atoms with E-state index >= 15 is 0 Å². The Kier molecular flexibility index (Phi) is 3.29. The Morgan fingerprint density at radius 1 is 1.36 bits per heavy atom. The normalized spacial score (nSPS) is 18.4. The molecular weight excluding hydrogens is 200 g/mol. The summed E-state index contributed by atoms with van der Waals surface area (Å²) in [4.78, 5) is 10.4. The van der Waals surface area contributed by atoms with Crippen LogP contribution >= 0.6 is 11.6 Å².